The summed E-state index contributed by atoms with van der Waals surface area (Å²) in [5.41, 5.74) is 1.89. The minimum Gasteiger partial charge on any atom is -0.507 e. The van der Waals surface area contributed by atoms with E-state index in [1.165, 1.54) is 0 Å². The largest absolute Gasteiger partial charge is 0.507 e. The Morgan fingerprint density at radius 3 is 2.47 bits per heavy atom. The Bertz CT molecular complexity index is 689. The molecule has 1 aromatic heterocycles. The van der Waals surface area contributed by atoms with E-state index in [1.807, 2.05) is 12.1 Å². The molecular weight excluding hydrogens is 216 g/mol. The topological polar surface area (TPSA) is 69.1 Å². The first-order chi connectivity index (χ1) is 8.27. The second-order valence-corrected chi connectivity index (χ2v) is 3.79. The van der Waals surface area contributed by atoms with Crippen LogP contribution in [0.15, 0.2) is 42.5 Å². The maximum Gasteiger partial charge on any atom is 0.127 e. The molecule has 2 aromatic carbocycles. The molecule has 0 aliphatic rings. The molecule has 0 fully saturated rings. The van der Waals surface area contributed by atoms with Gasteiger partial charge in [0.2, 0.25) is 0 Å². The summed E-state index contributed by atoms with van der Waals surface area (Å²) in [7, 11) is 0. The van der Waals surface area contributed by atoms with Crippen LogP contribution in [0.1, 0.15) is 0 Å². The van der Waals surface area contributed by atoms with Crippen LogP contribution in [-0.2, 0) is 0 Å². The Hall–Kier alpha value is -2.49. The highest BCUT2D eigenvalue weighted by Crippen LogP contribution is 2.36. The van der Waals surface area contributed by atoms with Crippen LogP contribution in [-0.4, -0.2) is 20.4 Å². The molecule has 3 rings (SSSR count). The molecule has 4 heteroatoms. The number of phenolic OH excluding ortho intramolecular Hbond substituents is 2. The first-order valence-electron chi connectivity index (χ1n) is 5.22. The number of aromatic amines is 1. The molecule has 0 bridgehead atoms. The molecule has 1 heterocycles. The van der Waals surface area contributed by atoms with Gasteiger partial charge in [-0.1, -0.05) is 18.2 Å². The number of nitrogens with zero attached hydrogens (tertiary/aromatic N) is 1. The normalized spacial score (nSPS) is 10.8. The summed E-state index contributed by atoms with van der Waals surface area (Å²) < 4.78 is 0. The van der Waals surface area contributed by atoms with Crippen LogP contribution in [0.5, 0.6) is 11.5 Å². The second kappa shape index (κ2) is 3.52. The Morgan fingerprint density at radius 1 is 0.882 bits per heavy atom. The Kier molecular flexibility index (Phi) is 2.01. The van der Waals surface area contributed by atoms with Crippen molar-refractivity contribution in [1.82, 2.24) is 10.2 Å². The number of fused-ring (bicyclic) bond motifs is 1. The summed E-state index contributed by atoms with van der Waals surface area (Å²) in [6.45, 7) is 0. The lowest BCUT2D eigenvalue weighted by molar-refractivity contribution is 0.477. The number of hydrogen-bond acceptors (Lipinski definition) is 3. The van der Waals surface area contributed by atoms with Gasteiger partial charge >= 0.3 is 0 Å². The SMILES string of the molecule is Oc1ccccc1-c1n[nH]c2cccc(O)c12. The van der Waals surface area contributed by atoms with E-state index < -0.39 is 0 Å². The number of benzene rings is 2. The van der Waals surface area contributed by atoms with Gasteiger partial charge in [0.1, 0.15) is 17.2 Å². The summed E-state index contributed by atoms with van der Waals surface area (Å²) in [5, 5.41) is 27.2. The predicted molar refractivity (Wildman–Crippen MR) is 64.9 cm³/mol. The van der Waals surface area contributed by atoms with Crippen LogP contribution in [0, 0.1) is 0 Å². The van der Waals surface area contributed by atoms with E-state index in [9.17, 15) is 10.2 Å². The molecule has 3 aromatic rings. The van der Waals surface area contributed by atoms with Gasteiger partial charge in [0.25, 0.3) is 0 Å². The number of nitrogens with one attached hydrogen (secondary N) is 1. The lowest BCUT2D eigenvalue weighted by Gasteiger charge is -2.02. The van der Waals surface area contributed by atoms with E-state index in [1.54, 1.807) is 30.3 Å². The van der Waals surface area contributed by atoms with Gasteiger partial charge in [-0.05, 0) is 24.3 Å². The van der Waals surface area contributed by atoms with Crippen molar-refractivity contribution in [2.24, 2.45) is 0 Å². The Balaban J connectivity index is 2.36. The summed E-state index contributed by atoms with van der Waals surface area (Å²) >= 11 is 0. The first kappa shape index (κ1) is 9.72. The molecular formula is C13H10N2O2. The average Bonchev–Trinajstić information content (AvgIpc) is 2.75. The standard InChI is InChI=1S/C13H10N2O2/c16-10-6-2-1-4-8(10)13-12-9(14-15-13)5-3-7-11(12)17/h1-7,16-17H,(H,14,15). The monoisotopic (exact) mass is 226 g/mol. The summed E-state index contributed by atoms with van der Waals surface area (Å²) in [5.74, 6) is 0.290. The highest BCUT2D eigenvalue weighted by atomic mass is 16.3. The minimum atomic E-state index is 0.143. The van der Waals surface area contributed by atoms with Gasteiger partial charge in [-0.25, -0.2) is 0 Å². The summed E-state index contributed by atoms with van der Waals surface area (Å²) in [6, 6.07) is 12.1. The summed E-state index contributed by atoms with van der Waals surface area (Å²) in [4.78, 5) is 0. The zero-order valence-electron chi connectivity index (χ0n) is 8.88. The van der Waals surface area contributed by atoms with Crippen molar-refractivity contribution in [3.05, 3.63) is 42.5 Å². The van der Waals surface area contributed by atoms with Crippen molar-refractivity contribution < 1.29 is 10.2 Å². The molecule has 0 amide bonds. The third-order valence-electron chi connectivity index (χ3n) is 2.73. The second-order valence-electron chi connectivity index (χ2n) is 3.79. The maximum atomic E-state index is 9.85. The number of phenols is 2. The van der Waals surface area contributed by atoms with E-state index in [0.717, 1.165) is 5.52 Å². The van der Waals surface area contributed by atoms with Crippen molar-refractivity contribution in [2.45, 2.75) is 0 Å². The molecule has 0 radical (unpaired) electrons. The molecule has 17 heavy (non-hydrogen) atoms. The minimum absolute atomic E-state index is 0.143. The maximum absolute atomic E-state index is 9.85. The number of aromatic nitrogens is 2. The lowest BCUT2D eigenvalue weighted by atomic mass is 10.1. The molecule has 0 aliphatic carbocycles. The van der Waals surface area contributed by atoms with Crippen LogP contribution < -0.4 is 0 Å². The van der Waals surface area contributed by atoms with Gasteiger partial charge in [-0.15, -0.1) is 0 Å². The molecule has 0 aliphatic heterocycles. The van der Waals surface area contributed by atoms with Gasteiger partial charge in [-0.2, -0.15) is 5.10 Å². The van der Waals surface area contributed by atoms with Gasteiger partial charge in [0.15, 0.2) is 0 Å². The number of rotatable bonds is 1. The molecule has 0 saturated carbocycles. The van der Waals surface area contributed by atoms with Crippen LogP contribution in [0.25, 0.3) is 22.2 Å². The van der Waals surface area contributed by atoms with Gasteiger partial charge < -0.3 is 10.2 Å². The first-order valence-corrected chi connectivity index (χ1v) is 5.22. The van der Waals surface area contributed by atoms with Crippen molar-refractivity contribution in [1.29, 1.82) is 0 Å². The third kappa shape index (κ3) is 1.42. The van der Waals surface area contributed by atoms with Crippen molar-refractivity contribution >= 4 is 10.9 Å². The number of aromatic hydroxyl groups is 2. The number of hydrogen-bond donors (Lipinski definition) is 3. The Morgan fingerprint density at radius 2 is 1.65 bits per heavy atom. The van der Waals surface area contributed by atoms with Crippen molar-refractivity contribution in [3.8, 4) is 22.8 Å². The third-order valence-corrected chi connectivity index (χ3v) is 2.73. The fourth-order valence-corrected chi connectivity index (χ4v) is 1.92. The molecule has 0 unspecified atom stereocenters. The van der Waals surface area contributed by atoms with Gasteiger partial charge in [0.05, 0.1) is 10.9 Å². The quantitative estimate of drug-likeness (QED) is 0.597. The number of H-pyrrole nitrogens is 1. The van der Waals surface area contributed by atoms with Crippen LogP contribution >= 0.6 is 0 Å². The zero-order valence-corrected chi connectivity index (χ0v) is 8.88. The van der Waals surface area contributed by atoms with Crippen LogP contribution in [0.3, 0.4) is 0 Å². The number of para-hydroxylation sites is 1. The summed E-state index contributed by atoms with van der Waals surface area (Å²) in [6.07, 6.45) is 0. The van der Waals surface area contributed by atoms with Crippen LogP contribution in [0.2, 0.25) is 0 Å². The van der Waals surface area contributed by atoms with Crippen molar-refractivity contribution in [3.63, 3.8) is 0 Å². The molecule has 0 spiro atoms. The van der Waals surface area contributed by atoms with Gasteiger partial charge in [-0.3, -0.25) is 5.10 Å². The zero-order chi connectivity index (χ0) is 11.8. The van der Waals surface area contributed by atoms with Crippen LogP contribution in [0.4, 0.5) is 0 Å². The van der Waals surface area contributed by atoms with E-state index in [4.69, 9.17) is 0 Å². The van der Waals surface area contributed by atoms with Gasteiger partial charge in [0, 0.05) is 5.56 Å². The highest BCUT2D eigenvalue weighted by molar-refractivity contribution is 5.98. The fourth-order valence-electron chi connectivity index (χ4n) is 1.92. The van der Waals surface area contributed by atoms with E-state index >= 15 is 0 Å². The highest BCUT2D eigenvalue weighted by Gasteiger charge is 2.13. The molecule has 4 nitrogen and oxygen atoms in total. The average molecular weight is 226 g/mol. The van der Waals surface area contributed by atoms with E-state index in [0.29, 0.717) is 16.6 Å². The van der Waals surface area contributed by atoms with E-state index in [2.05, 4.69) is 10.2 Å². The molecule has 0 atom stereocenters. The predicted octanol–water partition coefficient (Wildman–Crippen LogP) is 2.64. The molecule has 84 valence electrons. The lowest BCUT2D eigenvalue weighted by Crippen LogP contribution is -1.80. The fraction of sp³-hybridized carbons (Fsp3) is 0. The Labute approximate surface area is 97.2 Å². The molecule has 0 saturated heterocycles. The smallest absolute Gasteiger partial charge is 0.127 e. The van der Waals surface area contributed by atoms with E-state index in [-0.39, 0.29) is 11.5 Å². The van der Waals surface area contributed by atoms with Crippen molar-refractivity contribution in [2.75, 3.05) is 0 Å². The molecule has 3 N–H and O–H groups in total.